The highest BCUT2D eigenvalue weighted by Crippen LogP contribution is 1.69. The van der Waals surface area contributed by atoms with E-state index in [1.807, 2.05) is 0 Å². The van der Waals surface area contributed by atoms with Gasteiger partial charge in [-0.15, -0.1) is 0 Å². The zero-order valence-electron chi connectivity index (χ0n) is 11.0. The molecule has 0 radical (unpaired) electrons. The molecule has 128 valence electrons. The predicted molar refractivity (Wildman–Crippen MR) is 81.4 cm³/mol. The van der Waals surface area contributed by atoms with Crippen LogP contribution < -0.4 is 0 Å². The summed E-state index contributed by atoms with van der Waals surface area (Å²) in [4.78, 5) is 27.7. The fourth-order valence-corrected chi connectivity index (χ4v) is 0.203. The minimum atomic E-state index is -0.211. The number of aliphatic hydroxyl groups excluding tert-OH is 1. The second kappa shape index (κ2) is 66.4. The van der Waals surface area contributed by atoms with Crippen molar-refractivity contribution in [3.05, 3.63) is 0 Å². The molecule has 0 aliphatic heterocycles. The number of aliphatic hydroxyl groups is 1. The zero-order chi connectivity index (χ0) is 14.5. The number of hydrogen-bond donors (Lipinski definition) is 1. The summed E-state index contributed by atoms with van der Waals surface area (Å²) in [5, 5.41) is 7.57. The van der Waals surface area contributed by atoms with Gasteiger partial charge < -0.3 is 19.3 Å². The van der Waals surface area contributed by atoms with Gasteiger partial charge in [0.05, 0.1) is 20.8 Å². The van der Waals surface area contributed by atoms with Gasteiger partial charge in [0, 0.05) is 13.5 Å². The molecule has 0 saturated heterocycles. The largest absolute Gasteiger partial charge is 0.471 e. The van der Waals surface area contributed by atoms with E-state index in [9.17, 15) is 4.79 Å². The van der Waals surface area contributed by atoms with Crippen molar-refractivity contribution in [1.82, 2.24) is 0 Å². The van der Waals surface area contributed by atoms with E-state index in [4.69, 9.17) is 14.7 Å². The molecule has 0 amide bonds. The lowest BCUT2D eigenvalue weighted by atomic mass is 10.8. The summed E-state index contributed by atoms with van der Waals surface area (Å²) in [6, 6.07) is 0. The molecular weight excluding hydrogens is 268 g/mol. The van der Waals surface area contributed by atoms with Gasteiger partial charge in [-0.1, -0.05) is 22.3 Å². The van der Waals surface area contributed by atoms with E-state index >= 15 is 0 Å². The van der Waals surface area contributed by atoms with E-state index < -0.39 is 0 Å². The molecule has 0 heterocycles. The minimum Gasteiger partial charge on any atom is -0.471 e. The van der Waals surface area contributed by atoms with Crippen molar-refractivity contribution in [2.45, 2.75) is 43.1 Å². The van der Waals surface area contributed by atoms with Gasteiger partial charge in [0.15, 0.2) is 0 Å². The van der Waals surface area contributed by atoms with E-state index in [0.29, 0.717) is 19.6 Å². The zero-order valence-corrected chi connectivity index (χ0v) is 11.0. The maximum absolute atomic E-state index is 9.82. The third-order valence-corrected chi connectivity index (χ3v) is 0.540. The van der Waals surface area contributed by atoms with Crippen LogP contribution >= 0.6 is 0 Å². The molecule has 1 N–H and O–H groups in total. The van der Waals surface area contributed by atoms with Crippen LogP contribution in [0.2, 0.25) is 0 Å². The lowest BCUT2D eigenvalue weighted by Crippen LogP contribution is -1.95. The second-order valence-electron chi connectivity index (χ2n) is 1.90. The summed E-state index contributed by atoms with van der Waals surface area (Å²) >= 11 is 0. The number of rotatable bonds is 3. The Morgan fingerprint density at radius 2 is 1.20 bits per heavy atom. The third kappa shape index (κ3) is 341. The average molecular weight is 302 g/mol. The highest BCUT2D eigenvalue weighted by atomic mass is 16.5. The first-order valence-electron chi connectivity index (χ1n) is 4.69. The molecule has 0 aliphatic rings. The maximum atomic E-state index is 9.82. The van der Waals surface area contributed by atoms with Gasteiger partial charge in [-0.05, 0) is 13.8 Å². The van der Waals surface area contributed by atoms with Gasteiger partial charge in [-0.2, -0.15) is 0 Å². The van der Waals surface area contributed by atoms with Crippen LogP contribution in [0.5, 0.6) is 0 Å². The number of methoxy groups -OCH3 is 2. The van der Waals surface area contributed by atoms with Gasteiger partial charge in [-0.3, -0.25) is 14.4 Å². The van der Waals surface area contributed by atoms with Crippen LogP contribution in [0.3, 0.4) is 0 Å². The molecule has 20 heavy (non-hydrogen) atoms. The molecule has 0 aromatic heterocycles. The Kier molecular flexibility index (Phi) is 142. The molecule has 7 heteroatoms. The number of hydrogen-bond acceptors (Lipinski definition) is 7. The molecule has 0 spiro atoms. The summed E-state index contributed by atoms with van der Waals surface area (Å²) in [5.74, 6) is -0.211. The third-order valence-electron chi connectivity index (χ3n) is 0.540. The van der Waals surface area contributed by atoms with Crippen molar-refractivity contribution in [3.63, 3.8) is 0 Å². The topological polar surface area (TPSA) is 99.1 Å². The average Bonchev–Trinajstić information content (AvgIpc) is 2.30. The molecule has 0 fully saturated rings. The van der Waals surface area contributed by atoms with Gasteiger partial charge in [0.1, 0.15) is 0 Å². The van der Waals surface area contributed by atoms with Crippen LogP contribution in [0.1, 0.15) is 43.1 Å². The Hall–Kier alpha value is -1.63. The van der Waals surface area contributed by atoms with Crippen molar-refractivity contribution in [2.75, 3.05) is 27.4 Å². The fourth-order valence-electron chi connectivity index (χ4n) is 0.203. The minimum absolute atomic E-state index is 0. The molecule has 0 saturated carbocycles. The quantitative estimate of drug-likeness (QED) is 0.484. The van der Waals surface area contributed by atoms with Crippen molar-refractivity contribution >= 4 is 18.9 Å². The Bertz CT molecular complexity index is 142. The summed E-state index contributed by atoms with van der Waals surface area (Å²) in [6.45, 7) is 6.33. The van der Waals surface area contributed by atoms with E-state index in [-0.39, 0.29) is 34.9 Å². The lowest BCUT2D eigenvalue weighted by molar-refractivity contribution is -0.140. The standard InChI is InChI=1S/C4H8O2.2C2H4O2.C2H6O.3CH4/c1-3-6-4(2)5;2*1-4-2-3;1-2-3;;;/h3H2,1-2H3;2*2H,1H3;3H,2H2,1H3;3*1H4. The first kappa shape index (κ1) is 42.9. The second-order valence-corrected chi connectivity index (χ2v) is 1.90. The Morgan fingerprint density at radius 1 is 1.00 bits per heavy atom. The van der Waals surface area contributed by atoms with Gasteiger partial charge >= 0.3 is 5.97 Å². The van der Waals surface area contributed by atoms with Gasteiger partial charge in [0.25, 0.3) is 12.9 Å². The first-order valence-corrected chi connectivity index (χ1v) is 4.69. The molecule has 0 aliphatic carbocycles. The Balaban J connectivity index is -0.0000000221. The Labute approximate surface area is 124 Å². The first-order chi connectivity index (χ1) is 8.01. The smallest absolute Gasteiger partial charge is 0.302 e. The normalized spacial score (nSPS) is 5.30. The van der Waals surface area contributed by atoms with Gasteiger partial charge in [-0.25, -0.2) is 0 Å². The summed E-state index contributed by atoms with van der Waals surface area (Å²) in [7, 11) is 2.62. The van der Waals surface area contributed by atoms with Crippen LogP contribution in [0.15, 0.2) is 0 Å². The number of esters is 1. The van der Waals surface area contributed by atoms with E-state index in [0.717, 1.165) is 0 Å². The van der Waals surface area contributed by atoms with Crippen LogP contribution in [0, 0.1) is 0 Å². The van der Waals surface area contributed by atoms with E-state index in [2.05, 4.69) is 14.2 Å². The fraction of sp³-hybridized carbons (Fsp3) is 0.769. The highest BCUT2D eigenvalue weighted by molar-refractivity contribution is 5.65. The number of ether oxygens (including phenoxy) is 3. The highest BCUT2D eigenvalue weighted by Gasteiger charge is 1.81. The molecule has 0 unspecified atom stereocenters. The Morgan fingerprint density at radius 3 is 1.20 bits per heavy atom. The lowest BCUT2D eigenvalue weighted by Gasteiger charge is -1.89. The molecule has 0 atom stereocenters. The summed E-state index contributed by atoms with van der Waals surface area (Å²) in [6.07, 6.45) is 0. The molecule has 0 bridgehead atoms. The van der Waals surface area contributed by atoms with Crippen LogP contribution in [-0.2, 0) is 28.6 Å². The molecule has 0 aromatic rings. The summed E-state index contributed by atoms with van der Waals surface area (Å²) < 4.78 is 12.1. The summed E-state index contributed by atoms with van der Waals surface area (Å²) in [5.41, 5.74) is 0. The predicted octanol–water partition coefficient (Wildman–Crippen LogP) is 2.05. The van der Waals surface area contributed by atoms with Crippen molar-refractivity contribution in [1.29, 1.82) is 0 Å². The van der Waals surface area contributed by atoms with Crippen molar-refractivity contribution in [3.8, 4) is 0 Å². The monoisotopic (exact) mass is 302 g/mol. The van der Waals surface area contributed by atoms with Crippen LogP contribution in [-0.4, -0.2) is 51.5 Å². The number of carbonyl (C=O) groups excluding carboxylic acids is 3. The molecule has 0 aromatic carbocycles. The number of carbonyl (C=O) groups is 3. The SMILES string of the molecule is C.C.C.CCO.CCOC(C)=O.COC=O.COC=O. The molecule has 0 rings (SSSR count). The van der Waals surface area contributed by atoms with E-state index in [1.165, 1.54) is 21.1 Å². The van der Waals surface area contributed by atoms with Crippen molar-refractivity contribution in [2.24, 2.45) is 0 Å². The van der Waals surface area contributed by atoms with Crippen molar-refractivity contribution < 1.29 is 33.7 Å². The maximum Gasteiger partial charge on any atom is 0.302 e. The van der Waals surface area contributed by atoms with Crippen LogP contribution in [0.25, 0.3) is 0 Å². The van der Waals surface area contributed by atoms with Gasteiger partial charge in [0.2, 0.25) is 0 Å². The molecule has 7 nitrogen and oxygen atoms in total. The molecular formula is C13H34O7. The van der Waals surface area contributed by atoms with Crippen LogP contribution in [0.4, 0.5) is 0 Å². The van der Waals surface area contributed by atoms with E-state index in [1.54, 1.807) is 13.8 Å².